The SMILES string of the molecule is CN(C)CCCC(=O)N(CCN1[C@@H]2CC[C@H]1CC(c1cccc(C(N)=O)c1)C2)CC1CCCCC1. The number of fused-ring (bicyclic) bond motifs is 2. The van der Waals surface area contributed by atoms with Crippen LogP contribution in [-0.2, 0) is 4.79 Å². The first kappa shape index (κ1) is 26.2. The van der Waals surface area contributed by atoms with Crippen LogP contribution in [0.4, 0.5) is 0 Å². The molecule has 1 aromatic carbocycles. The summed E-state index contributed by atoms with van der Waals surface area (Å²) >= 11 is 0. The number of hydrogen-bond donors (Lipinski definition) is 1. The highest BCUT2D eigenvalue weighted by atomic mass is 16.2. The number of carbonyl (C=O) groups excluding carboxylic acids is 2. The normalized spacial score (nSPS) is 25.2. The monoisotopic (exact) mass is 482 g/mol. The number of carbonyl (C=O) groups is 2. The molecule has 2 bridgehead atoms. The molecule has 6 heteroatoms. The molecule has 2 heterocycles. The minimum Gasteiger partial charge on any atom is -0.366 e. The third kappa shape index (κ3) is 7.07. The predicted molar refractivity (Wildman–Crippen MR) is 141 cm³/mol. The molecular weight excluding hydrogens is 436 g/mol. The van der Waals surface area contributed by atoms with Crippen LogP contribution in [-0.4, -0.2) is 78.9 Å². The van der Waals surface area contributed by atoms with E-state index in [0.29, 0.717) is 41.8 Å². The van der Waals surface area contributed by atoms with Crippen molar-refractivity contribution in [1.29, 1.82) is 0 Å². The van der Waals surface area contributed by atoms with Gasteiger partial charge in [0.2, 0.25) is 11.8 Å². The van der Waals surface area contributed by atoms with Crippen molar-refractivity contribution in [2.75, 3.05) is 40.3 Å². The molecule has 1 aliphatic carbocycles. The molecule has 1 unspecified atom stereocenters. The van der Waals surface area contributed by atoms with Crippen LogP contribution in [0.5, 0.6) is 0 Å². The van der Waals surface area contributed by atoms with Gasteiger partial charge in [0, 0.05) is 43.7 Å². The maximum Gasteiger partial charge on any atom is 0.248 e. The van der Waals surface area contributed by atoms with E-state index in [1.165, 1.54) is 50.5 Å². The fraction of sp³-hybridized carbons (Fsp3) is 0.724. The van der Waals surface area contributed by atoms with Crippen molar-refractivity contribution in [2.24, 2.45) is 11.7 Å². The van der Waals surface area contributed by atoms with Gasteiger partial charge in [-0.15, -0.1) is 0 Å². The molecule has 3 fully saturated rings. The highest BCUT2D eigenvalue weighted by Crippen LogP contribution is 2.43. The first-order chi connectivity index (χ1) is 16.9. The lowest BCUT2D eigenvalue weighted by Gasteiger charge is -2.40. The molecule has 2 saturated heterocycles. The van der Waals surface area contributed by atoms with E-state index in [1.54, 1.807) is 0 Å². The Hall–Kier alpha value is -1.92. The van der Waals surface area contributed by atoms with Gasteiger partial charge in [-0.1, -0.05) is 31.4 Å². The predicted octanol–water partition coefficient (Wildman–Crippen LogP) is 4.25. The fourth-order valence-corrected chi connectivity index (χ4v) is 6.80. The number of nitrogens with zero attached hydrogens (tertiary/aromatic N) is 3. The maximum atomic E-state index is 13.2. The van der Waals surface area contributed by atoms with Crippen molar-refractivity contribution in [3.8, 4) is 0 Å². The van der Waals surface area contributed by atoms with Crippen molar-refractivity contribution in [2.45, 2.75) is 88.6 Å². The lowest BCUT2D eigenvalue weighted by Crippen LogP contribution is -2.47. The molecule has 194 valence electrons. The summed E-state index contributed by atoms with van der Waals surface area (Å²) in [6.07, 6.45) is 12.9. The van der Waals surface area contributed by atoms with Gasteiger partial charge in [-0.25, -0.2) is 0 Å². The third-order valence-electron chi connectivity index (χ3n) is 8.71. The first-order valence-electron chi connectivity index (χ1n) is 14.0. The second-order valence-electron chi connectivity index (χ2n) is 11.5. The number of piperidine rings is 1. The van der Waals surface area contributed by atoms with Gasteiger partial charge in [-0.2, -0.15) is 0 Å². The topological polar surface area (TPSA) is 69.9 Å². The summed E-state index contributed by atoms with van der Waals surface area (Å²) in [4.78, 5) is 32.0. The smallest absolute Gasteiger partial charge is 0.248 e. The zero-order valence-electron chi connectivity index (χ0n) is 22.0. The minimum absolute atomic E-state index is 0.347. The number of amides is 2. The van der Waals surface area contributed by atoms with E-state index in [4.69, 9.17) is 5.73 Å². The number of hydrogen-bond acceptors (Lipinski definition) is 4. The zero-order chi connectivity index (χ0) is 24.8. The zero-order valence-corrected chi connectivity index (χ0v) is 22.0. The van der Waals surface area contributed by atoms with Gasteiger partial charge >= 0.3 is 0 Å². The van der Waals surface area contributed by atoms with Crippen LogP contribution in [0.1, 0.15) is 92.5 Å². The summed E-state index contributed by atoms with van der Waals surface area (Å²) < 4.78 is 0. The Bertz CT molecular complexity index is 837. The van der Waals surface area contributed by atoms with Crippen LogP contribution in [0.2, 0.25) is 0 Å². The lowest BCUT2D eigenvalue weighted by molar-refractivity contribution is -0.132. The molecule has 3 aliphatic rings. The molecular formula is C29H46N4O2. The molecule has 6 nitrogen and oxygen atoms in total. The van der Waals surface area contributed by atoms with Crippen LogP contribution >= 0.6 is 0 Å². The molecule has 2 N–H and O–H groups in total. The van der Waals surface area contributed by atoms with E-state index in [1.807, 2.05) is 18.2 Å². The van der Waals surface area contributed by atoms with Crippen LogP contribution in [0.25, 0.3) is 0 Å². The second kappa shape index (κ2) is 12.4. The highest BCUT2D eigenvalue weighted by molar-refractivity contribution is 5.92. The quantitative estimate of drug-likeness (QED) is 0.512. The molecule has 4 rings (SSSR count). The maximum absolute atomic E-state index is 13.2. The second-order valence-corrected chi connectivity index (χ2v) is 11.5. The lowest BCUT2D eigenvalue weighted by atomic mass is 9.84. The van der Waals surface area contributed by atoms with Crippen LogP contribution in [0.15, 0.2) is 24.3 Å². The molecule has 3 atom stereocenters. The Morgan fingerprint density at radius 2 is 1.71 bits per heavy atom. The molecule has 1 saturated carbocycles. The van der Waals surface area contributed by atoms with E-state index in [0.717, 1.165) is 45.4 Å². The van der Waals surface area contributed by atoms with Gasteiger partial charge in [0.25, 0.3) is 0 Å². The van der Waals surface area contributed by atoms with Crippen molar-refractivity contribution in [3.05, 3.63) is 35.4 Å². The van der Waals surface area contributed by atoms with E-state index in [2.05, 4.69) is 34.9 Å². The van der Waals surface area contributed by atoms with E-state index >= 15 is 0 Å². The van der Waals surface area contributed by atoms with Crippen molar-refractivity contribution >= 4 is 11.8 Å². The van der Waals surface area contributed by atoms with Gasteiger partial charge < -0.3 is 15.5 Å². The number of primary amides is 1. The Kier molecular flexibility index (Phi) is 9.23. The van der Waals surface area contributed by atoms with Crippen LogP contribution in [0, 0.1) is 5.92 Å². The summed E-state index contributed by atoms with van der Waals surface area (Å²) in [5.74, 6) is 1.18. The van der Waals surface area contributed by atoms with Gasteiger partial charge in [-0.3, -0.25) is 14.5 Å². The summed E-state index contributed by atoms with van der Waals surface area (Å²) in [6.45, 7) is 3.78. The van der Waals surface area contributed by atoms with Crippen LogP contribution < -0.4 is 5.73 Å². The Labute approximate surface area is 212 Å². The summed E-state index contributed by atoms with van der Waals surface area (Å²) in [5, 5.41) is 0. The van der Waals surface area contributed by atoms with Crippen molar-refractivity contribution in [1.82, 2.24) is 14.7 Å². The Morgan fingerprint density at radius 3 is 2.37 bits per heavy atom. The van der Waals surface area contributed by atoms with Gasteiger partial charge in [-0.05, 0) is 95.1 Å². The van der Waals surface area contributed by atoms with Gasteiger partial charge in [0.15, 0.2) is 0 Å². The average Bonchev–Trinajstić information content (AvgIpc) is 3.08. The molecule has 2 aliphatic heterocycles. The van der Waals surface area contributed by atoms with Crippen molar-refractivity contribution in [3.63, 3.8) is 0 Å². The third-order valence-corrected chi connectivity index (χ3v) is 8.71. The summed E-state index contributed by atoms with van der Waals surface area (Å²) in [6, 6.07) is 9.10. The number of rotatable bonds is 11. The summed E-state index contributed by atoms with van der Waals surface area (Å²) in [5.41, 5.74) is 7.40. The van der Waals surface area contributed by atoms with Gasteiger partial charge in [0.05, 0.1) is 0 Å². The van der Waals surface area contributed by atoms with E-state index in [-0.39, 0.29) is 5.91 Å². The number of nitrogens with two attached hydrogens (primary N) is 1. The summed E-state index contributed by atoms with van der Waals surface area (Å²) in [7, 11) is 4.15. The highest BCUT2D eigenvalue weighted by Gasteiger charge is 2.41. The van der Waals surface area contributed by atoms with Gasteiger partial charge in [0.1, 0.15) is 0 Å². The molecule has 1 aromatic rings. The fourth-order valence-electron chi connectivity index (χ4n) is 6.80. The minimum atomic E-state index is -0.347. The largest absolute Gasteiger partial charge is 0.366 e. The Morgan fingerprint density at radius 1 is 1.00 bits per heavy atom. The standard InChI is InChI=1S/C29H46N4O2/c1-31(2)15-7-12-28(34)32(21-22-8-4-3-5-9-22)16-17-33-26-13-14-27(33)20-25(19-26)23-10-6-11-24(18-23)29(30)35/h6,10-11,18,22,25-27H,3-5,7-9,12-17,19-21H2,1-2H3,(H2,30,35)/t25?,26-,27+. The van der Waals surface area contributed by atoms with Crippen LogP contribution in [0.3, 0.4) is 0 Å². The first-order valence-corrected chi connectivity index (χ1v) is 14.0. The molecule has 0 spiro atoms. The molecule has 0 radical (unpaired) electrons. The molecule has 35 heavy (non-hydrogen) atoms. The Balaban J connectivity index is 1.35. The van der Waals surface area contributed by atoms with E-state index in [9.17, 15) is 9.59 Å². The molecule has 0 aromatic heterocycles. The molecule has 2 amide bonds. The number of benzene rings is 1. The average molecular weight is 483 g/mol. The van der Waals surface area contributed by atoms with E-state index < -0.39 is 0 Å². The van der Waals surface area contributed by atoms with Crippen molar-refractivity contribution < 1.29 is 9.59 Å².